The summed E-state index contributed by atoms with van der Waals surface area (Å²) >= 11 is 0. The lowest BCUT2D eigenvalue weighted by Gasteiger charge is -2.50. The Kier molecular flexibility index (Phi) is 4.73. The summed E-state index contributed by atoms with van der Waals surface area (Å²) in [5, 5.41) is 3.30. The highest BCUT2D eigenvalue weighted by Gasteiger charge is 2.51. The largest absolute Gasteiger partial charge is 0.326 e. The van der Waals surface area contributed by atoms with Crippen molar-refractivity contribution < 1.29 is 4.79 Å². The molecule has 3 aliphatic rings. The Balaban J connectivity index is 1.61. The molecule has 0 aromatic heterocycles. The SMILES string of the molecule is CCC[C@H]1C2c3ccccc3C(c3ccccc32)[C@@H]1C(=O)Nc1ccc(C)cc1C. The van der Waals surface area contributed by atoms with E-state index in [1.165, 1.54) is 27.8 Å². The molecular weight excluding hydrogens is 366 g/mol. The number of amides is 1. The fraction of sp³-hybridized carbons (Fsp3) is 0.321. The van der Waals surface area contributed by atoms with E-state index in [0.29, 0.717) is 11.8 Å². The number of carbonyl (C=O) groups is 1. The summed E-state index contributed by atoms with van der Waals surface area (Å²) in [6, 6.07) is 23.8. The summed E-state index contributed by atoms with van der Waals surface area (Å²) in [4.78, 5) is 13.8. The van der Waals surface area contributed by atoms with Crippen LogP contribution in [-0.2, 0) is 4.79 Å². The molecule has 0 aliphatic heterocycles. The monoisotopic (exact) mass is 395 g/mol. The second kappa shape index (κ2) is 7.43. The third-order valence-corrected chi connectivity index (χ3v) is 7.15. The van der Waals surface area contributed by atoms with Crippen molar-refractivity contribution in [1.82, 2.24) is 0 Å². The van der Waals surface area contributed by atoms with Gasteiger partial charge in [-0.1, -0.05) is 79.6 Å². The second-order valence-corrected chi connectivity index (χ2v) is 9.00. The maximum absolute atomic E-state index is 13.8. The minimum atomic E-state index is -0.0412. The molecule has 30 heavy (non-hydrogen) atoms. The standard InChI is InChI=1S/C28H29NO/c1-4-9-23-25-19-10-5-7-12-21(19)26(22-13-8-6-11-20(22)25)27(23)28(30)29-24-15-14-17(2)16-18(24)3/h5-8,10-16,23,25-27H,4,9H2,1-3H3,(H,29,30)/t23-,25?,26?,27+/m0/s1. The van der Waals surface area contributed by atoms with E-state index in [1.807, 2.05) is 6.07 Å². The van der Waals surface area contributed by atoms with Gasteiger partial charge in [-0.25, -0.2) is 0 Å². The van der Waals surface area contributed by atoms with Crippen molar-refractivity contribution >= 4 is 11.6 Å². The number of hydrogen-bond donors (Lipinski definition) is 1. The van der Waals surface area contributed by atoms with Crippen LogP contribution < -0.4 is 5.32 Å². The van der Waals surface area contributed by atoms with Gasteiger partial charge in [-0.2, -0.15) is 0 Å². The van der Waals surface area contributed by atoms with Crippen LogP contribution in [0.15, 0.2) is 66.7 Å². The molecule has 2 heteroatoms. The fourth-order valence-corrected chi connectivity index (χ4v) is 5.99. The summed E-state index contributed by atoms with van der Waals surface area (Å²) in [7, 11) is 0. The zero-order chi connectivity index (χ0) is 20.8. The van der Waals surface area contributed by atoms with Crippen molar-refractivity contribution in [2.45, 2.75) is 45.4 Å². The first-order chi connectivity index (χ1) is 14.6. The molecule has 0 unspecified atom stereocenters. The zero-order valence-electron chi connectivity index (χ0n) is 18.0. The van der Waals surface area contributed by atoms with E-state index in [9.17, 15) is 4.79 Å². The number of rotatable bonds is 4. The smallest absolute Gasteiger partial charge is 0.228 e. The maximum atomic E-state index is 13.8. The van der Waals surface area contributed by atoms with E-state index in [1.54, 1.807) is 0 Å². The molecule has 0 radical (unpaired) electrons. The van der Waals surface area contributed by atoms with Crippen molar-refractivity contribution in [3.05, 3.63) is 100 Å². The molecule has 1 amide bonds. The number of hydrogen-bond acceptors (Lipinski definition) is 1. The Hall–Kier alpha value is -2.87. The summed E-state index contributed by atoms with van der Waals surface area (Å²) < 4.78 is 0. The quantitative estimate of drug-likeness (QED) is 0.532. The van der Waals surface area contributed by atoms with Crippen LogP contribution in [0.25, 0.3) is 0 Å². The number of aryl methyl sites for hydroxylation is 2. The molecule has 0 spiro atoms. The Morgan fingerprint density at radius 1 is 0.833 bits per heavy atom. The summed E-state index contributed by atoms with van der Waals surface area (Å²) in [6.45, 7) is 6.40. The van der Waals surface area contributed by atoms with E-state index in [0.717, 1.165) is 24.1 Å². The minimum Gasteiger partial charge on any atom is -0.326 e. The second-order valence-electron chi connectivity index (χ2n) is 9.00. The molecule has 3 aromatic rings. The van der Waals surface area contributed by atoms with E-state index < -0.39 is 0 Å². The van der Waals surface area contributed by atoms with Crippen molar-refractivity contribution in [3.63, 3.8) is 0 Å². The van der Waals surface area contributed by atoms with Crippen molar-refractivity contribution in [3.8, 4) is 0 Å². The molecule has 0 saturated heterocycles. The van der Waals surface area contributed by atoms with Gasteiger partial charge >= 0.3 is 0 Å². The van der Waals surface area contributed by atoms with Crippen LogP contribution in [0.2, 0.25) is 0 Å². The van der Waals surface area contributed by atoms with Gasteiger partial charge in [-0.05, 0) is 60.1 Å². The summed E-state index contributed by atoms with van der Waals surface area (Å²) in [5.74, 6) is 0.886. The molecule has 0 fully saturated rings. The van der Waals surface area contributed by atoms with Crippen LogP contribution >= 0.6 is 0 Å². The zero-order valence-corrected chi connectivity index (χ0v) is 18.0. The Bertz CT molecular complexity index is 1070. The summed E-state index contributed by atoms with van der Waals surface area (Å²) in [5.41, 5.74) is 8.81. The van der Waals surface area contributed by atoms with Crippen molar-refractivity contribution in [1.29, 1.82) is 0 Å². The Morgan fingerprint density at radius 2 is 1.40 bits per heavy atom. The summed E-state index contributed by atoms with van der Waals surface area (Å²) in [6.07, 6.45) is 2.15. The third kappa shape index (κ3) is 2.89. The lowest BCUT2D eigenvalue weighted by atomic mass is 9.53. The average molecular weight is 396 g/mol. The van der Waals surface area contributed by atoms with Gasteiger partial charge in [0.15, 0.2) is 0 Å². The minimum absolute atomic E-state index is 0.0412. The predicted octanol–water partition coefficient (Wildman–Crippen LogP) is 6.57. The third-order valence-electron chi connectivity index (χ3n) is 7.15. The van der Waals surface area contributed by atoms with Crippen LogP contribution in [0.4, 0.5) is 5.69 Å². The maximum Gasteiger partial charge on any atom is 0.228 e. The Labute approximate surface area is 179 Å². The fourth-order valence-electron chi connectivity index (χ4n) is 5.99. The molecule has 3 aromatic carbocycles. The molecular formula is C28H29NO. The Morgan fingerprint density at radius 3 is 1.93 bits per heavy atom. The number of anilines is 1. The molecule has 0 heterocycles. The molecule has 0 saturated carbocycles. The first kappa shape index (κ1) is 19.1. The highest BCUT2D eigenvalue weighted by molar-refractivity contribution is 5.95. The van der Waals surface area contributed by atoms with Gasteiger partial charge in [0, 0.05) is 17.5 Å². The van der Waals surface area contributed by atoms with Crippen LogP contribution in [0, 0.1) is 25.7 Å². The van der Waals surface area contributed by atoms with Crippen molar-refractivity contribution in [2.24, 2.45) is 11.8 Å². The number of nitrogens with one attached hydrogen (secondary N) is 1. The predicted molar refractivity (Wildman–Crippen MR) is 123 cm³/mol. The lowest BCUT2D eigenvalue weighted by molar-refractivity contribution is -0.123. The lowest BCUT2D eigenvalue weighted by Crippen LogP contribution is -2.45. The van der Waals surface area contributed by atoms with E-state index in [-0.39, 0.29) is 17.7 Å². The van der Waals surface area contributed by atoms with Gasteiger partial charge in [-0.15, -0.1) is 0 Å². The van der Waals surface area contributed by atoms with Gasteiger partial charge in [0.1, 0.15) is 0 Å². The topological polar surface area (TPSA) is 29.1 Å². The normalized spacial score (nSPS) is 23.6. The van der Waals surface area contributed by atoms with Gasteiger partial charge in [0.2, 0.25) is 5.91 Å². The molecule has 2 bridgehead atoms. The number of benzene rings is 3. The highest BCUT2D eigenvalue weighted by atomic mass is 16.1. The molecule has 3 aliphatic carbocycles. The van der Waals surface area contributed by atoms with Crippen molar-refractivity contribution in [2.75, 3.05) is 5.32 Å². The van der Waals surface area contributed by atoms with Crippen LogP contribution in [0.3, 0.4) is 0 Å². The van der Waals surface area contributed by atoms with E-state index in [2.05, 4.69) is 86.8 Å². The molecule has 2 nitrogen and oxygen atoms in total. The van der Waals surface area contributed by atoms with E-state index >= 15 is 0 Å². The molecule has 2 atom stereocenters. The van der Waals surface area contributed by atoms with Gasteiger partial charge < -0.3 is 5.32 Å². The van der Waals surface area contributed by atoms with Crippen LogP contribution in [0.5, 0.6) is 0 Å². The molecule has 6 rings (SSSR count). The van der Waals surface area contributed by atoms with E-state index in [4.69, 9.17) is 0 Å². The number of carbonyl (C=O) groups excluding carboxylic acids is 1. The van der Waals surface area contributed by atoms with Gasteiger partial charge in [0.05, 0.1) is 5.92 Å². The molecule has 1 N–H and O–H groups in total. The van der Waals surface area contributed by atoms with Crippen LogP contribution in [0.1, 0.15) is 65.0 Å². The van der Waals surface area contributed by atoms with Gasteiger partial charge in [-0.3, -0.25) is 4.79 Å². The van der Waals surface area contributed by atoms with Crippen LogP contribution in [-0.4, -0.2) is 5.91 Å². The first-order valence-electron chi connectivity index (χ1n) is 11.2. The molecule has 152 valence electrons. The number of fused-ring (bicyclic) bond motifs is 1. The van der Waals surface area contributed by atoms with Gasteiger partial charge in [0.25, 0.3) is 0 Å². The average Bonchev–Trinajstić information content (AvgIpc) is 2.76. The highest BCUT2D eigenvalue weighted by Crippen LogP contribution is 2.59. The first-order valence-corrected chi connectivity index (χ1v) is 11.2.